The Kier molecular flexibility index (Phi) is 4.81. The summed E-state index contributed by atoms with van der Waals surface area (Å²) in [5.74, 6) is 0.470. The van der Waals surface area contributed by atoms with Crippen molar-refractivity contribution < 1.29 is 8.81 Å². The Balaban J connectivity index is 1.74. The van der Waals surface area contributed by atoms with E-state index >= 15 is 0 Å². The SMILES string of the molecule is Fc1cc(Cl)ccc1CSc1nnc(-c2ccccc2Br)o1. The Labute approximate surface area is 144 Å². The van der Waals surface area contributed by atoms with Crippen LogP contribution in [0.25, 0.3) is 11.5 Å². The molecule has 0 unspecified atom stereocenters. The molecule has 3 rings (SSSR count). The van der Waals surface area contributed by atoms with E-state index in [1.54, 1.807) is 12.1 Å². The maximum absolute atomic E-state index is 13.7. The summed E-state index contributed by atoms with van der Waals surface area (Å²) in [5, 5.41) is 8.75. The predicted octanol–water partition coefficient (Wildman–Crippen LogP) is 5.58. The third-order valence-electron chi connectivity index (χ3n) is 2.88. The van der Waals surface area contributed by atoms with Crippen LogP contribution >= 0.6 is 39.3 Å². The zero-order valence-electron chi connectivity index (χ0n) is 11.1. The summed E-state index contributed by atoms with van der Waals surface area (Å²) in [7, 11) is 0. The molecule has 0 saturated heterocycles. The monoisotopic (exact) mass is 398 g/mol. The summed E-state index contributed by atoms with van der Waals surface area (Å²) in [5.41, 5.74) is 1.36. The molecule has 0 atom stereocenters. The highest BCUT2D eigenvalue weighted by Crippen LogP contribution is 2.30. The van der Waals surface area contributed by atoms with Gasteiger partial charge in [-0.3, -0.25) is 0 Å². The van der Waals surface area contributed by atoms with Crippen LogP contribution < -0.4 is 0 Å². The highest BCUT2D eigenvalue weighted by molar-refractivity contribution is 9.10. The molecule has 0 amide bonds. The van der Waals surface area contributed by atoms with Crippen LogP contribution in [0, 0.1) is 5.82 Å². The second kappa shape index (κ2) is 6.81. The van der Waals surface area contributed by atoms with Crippen LogP contribution in [0.5, 0.6) is 0 Å². The van der Waals surface area contributed by atoms with Gasteiger partial charge in [0.1, 0.15) is 5.82 Å². The topological polar surface area (TPSA) is 38.9 Å². The summed E-state index contributed by atoms with van der Waals surface area (Å²) >= 11 is 10.4. The molecule has 0 aliphatic rings. The fourth-order valence-electron chi connectivity index (χ4n) is 1.79. The third-order valence-corrected chi connectivity index (χ3v) is 4.67. The van der Waals surface area contributed by atoms with Gasteiger partial charge in [-0.25, -0.2) is 4.39 Å². The minimum Gasteiger partial charge on any atom is -0.411 e. The van der Waals surface area contributed by atoms with Crippen molar-refractivity contribution in [2.45, 2.75) is 11.0 Å². The molecular weight excluding hydrogens is 391 g/mol. The minimum atomic E-state index is -0.342. The molecule has 0 radical (unpaired) electrons. The molecule has 3 aromatic rings. The first-order valence-corrected chi connectivity index (χ1v) is 8.44. The molecule has 0 spiro atoms. The van der Waals surface area contributed by atoms with Gasteiger partial charge in [-0.05, 0) is 45.8 Å². The molecular formula is C15H9BrClFN2OS. The van der Waals surface area contributed by atoms with Gasteiger partial charge in [0.15, 0.2) is 0 Å². The second-order valence-electron chi connectivity index (χ2n) is 4.38. The van der Waals surface area contributed by atoms with E-state index in [0.29, 0.717) is 27.5 Å². The van der Waals surface area contributed by atoms with Gasteiger partial charge in [0.25, 0.3) is 5.22 Å². The van der Waals surface area contributed by atoms with E-state index in [1.165, 1.54) is 17.8 Å². The highest BCUT2D eigenvalue weighted by atomic mass is 79.9. The lowest BCUT2D eigenvalue weighted by atomic mass is 10.2. The Hall–Kier alpha value is -1.37. The Bertz CT molecular complexity index is 812. The smallest absolute Gasteiger partial charge is 0.277 e. The molecule has 0 fully saturated rings. The van der Waals surface area contributed by atoms with E-state index < -0.39 is 0 Å². The van der Waals surface area contributed by atoms with Crippen LogP contribution in [-0.4, -0.2) is 10.2 Å². The maximum Gasteiger partial charge on any atom is 0.277 e. The van der Waals surface area contributed by atoms with E-state index in [-0.39, 0.29) is 5.82 Å². The second-order valence-corrected chi connectivity index (χ2v) is 6.59. The van der Waals surface area contributed by atoms with Crippen molar-refractivity contribution >= 4 is 39.3 Å². The first kappa shape index (κ1) is 15.5. The number of hydrogen-bond donors (Lipinski definition) is 0. The number of benzene rings is 2. The maximum atomic E-state index is 13.7. The van der Waals surface area contributed by atoms with Crippen molar-refractivity contribution in [1.29, 1.82) is 0 Å². The quantitative estimate of drug-likeness (QED) is 0.537. The van der Waals surface area contributed by atoms with Crippen LogP contribution in [-0.2, 0) is 5.75 Å². The summed E-state index contributed by atoms with van der Waals surface area (Å²) < 4.78 is 20.2. The van der Waals surface area contributed by atoms with E-state index in [0.717, 1.165) is 10.0 Å². The van der Waals surface area contributed by atoms with Gasteiger partial charge in [0.2, 0.25) is 5.89 Å². The van der Waals surface area contributed by atoms with E-state index in [4.69, 9.17) is 16.0 Å². The van der Waals surface area contributed by atoms with Crippen LogP contribution in [0.1, 0.15) is 5.56 Å². The van der Waals surface area contributed by atoms with Crippen LogP contribution in [0.4, 0.5) is 4.39 Å². The van der Waals surface area contributed by atoms with Crippen molar-refractivity contribution in [2.24, 2.45) is 0 Å². The lowest BCUT2D eigenvalue weighted by molar-refractivity contribution is 0.465. The molecule has 0 N–H and O–H groups in total. The summed E-state index contributed by atoms with van der Waals surface area (Å²) in [6, 6.07) is 12.2. The number of halogens is 3. The zero-order chi connectivity index (χ0) is 15.5. The van der Waals surface area contributed by atoms with Crippen molar-refractivity contribution in [1.82, 2.24) is 10.2 Å². The van der Waals surface area contributed by atoms with Gasteiger partial charge in [-0.1, -0.05) is 41.6 Å². The van der Waals surface area contributed by atoms with Crippen molar-refractivity contribution in [3.05, 3.63) is 63.3 Å². The molecule has 0 aliphatic heterocycles. The van der Waals surface area contributed by atoms with Gasteiger partial charge >= 0.3 is 0 Å². The molecule has 1 aromatic heterocycles. The highest BCUT2D eigenvalue weighted by Gasteiger charge is 2.12. The number of rotatable bonds is 4. The van der Waals surface area contributed by atoms with Gasteiger partial charge in [0.05, 0.1) is 5.56 Å². The van der Waals surface area contributed by atoms with Crippen LogP contribution in [0.2, 0.25) is 5.02 Å². The fourth-order valence-corrected chi connectivity index (χ4v) is 3.15. The van der Waals surface area contributed by atoms with Crippen molar-refractivity contribution in [3.63, 3.8) is 0 Å². The molecule has 1 heterocycles. The van der Waals surface area contributed by atoms with E-state index in [9.17, 15) is 4.39 Å². The lowest BCUT2D eigenvalue weighted by Gasteiger charge is -2.01. The van der Waals surface area contributed by atoms with Crippen molar-refractivity contribution in [3.8, 4) is 11.5 Å². The van der Waals surface area contributed by atoms with Gasteiger partial charge in [-0.2, -0.15) is 0 Å². The largest absolute Gasteiger partial charge is 0.411 e. The third kappa shape index (κ3) is 3.51. The average Bonchev–Trinajstić information content (AvgIpc) is 2.95. The molecule has 0 saturated carbocycles. The average molecular weight is 400 g/mol. The number of aromatic nitrogens is 2. The Morgan fingerprint density at radius 1 is 1.18 bits per heavy atom. The molecule has 0 bridgehead atoms. The van der Waals surface area contributed by atoms with Crippen LogP contribution in [0.15, 0.2) is 56.6 Å². The predicted molar refractivity (Wildman–Crippen MR) is 88.4 cm³/mol. The first-order chi connectivity index (χ1) is 10.6. The number of nitrogens with zero attached hydrogens (tertiary/aromatic N) is 2. The molecule has 2 aromatic carbocycles. The van der Waals surface area contributed by atoms with E-state index in [1.807, 2.05) is 24.3 Å². The molecule has 22 heavy (non-hydrogen) atoms. The normalized spacial score (nSPS) is 10.9. The molecule has 0 aliphatic carbocycles. The Morgan fingerprint density at radius 3 is 2.77 bits per heavy atom. The summed E-state index contributed by atoms with van der Waals surface area (Å²) in [6.07, 6.45) is 0. The molecule has 112 valence electrons. The molecule has 7 heteroatoms. The van der Waals surface area contributed by atoms with E-state index in [2.05, 4.69) is 26.1 Å². The van der Waals surface area contributed by atoms with Gasteiger partial charge in [-0.15, -0.1) is 10.2 Å². The number of hydrogen-bond acceptors (Lipinski definition) is 4. The van der Waals surface area contributed by atoms with Crippen molar-refractivity contribution in [2.75, 3.05) is 0 Å². The lowest BCUT2D eigenvalue weighted by Crippen LogP contribution is -1.87. The number of thioether (sulfide) groups is 1. The fraction of sp³-hybridized carbons (Fsp3) is 0.0667. The minimum absolute atomic E-state index is 0.342. The summed E-state index contributed by atoms with van der Waals surface area (Å²) in [6.45, 7) is 0. The van der Waals surface area contributed by atoms with Gasteiger partial charge in [0, 0.05) is 15.2 Å². The standard InChI is InChI=1S/C15H9BrClFN2OS/c16-12-4-2-1-3-11(12)14-19-20-15(21-14)22-8-9-5-6-10(17)7-13(9)18/h1-7H,8H2. The summed E-state index contributed by atoms with van der Waals surface area (Å²) in [4.78, 5) is 0. The van der Waals surface area contributed by atoms with Gasteiger partial charge < -0.3 is 4.42 Å². The first-order valence-electron chi connectivity index (χ1n) is 6.28. The zero-order valence-corrected chi connectivity index (χ0v) is 14.3. The van der Waals surface area contributed by atoms with Crippen LogP contribution in [0.3, 0.4) is 0 Å². The Morgan fingerprint density at radius 2 is 2.00 bits per heavy atom. The molecule has 3 nitrogen and oxygen atoms in total.